The van der Waals surface area contributed by atoms with E-state index < -0.39 is 0 Å². The van der Waals surface area contributed by atoms with Crippen LogP contribution in [0.4, 0.5) is 0 Å². The number of hydrogen-bond donors (Lipinski definition) is 1. The van der Waals surface area contributed by atoms with Crippen LogP contribution in [0.25, 0.3) is 0 Å². The summed E-state index contributed by atoms with van der Waals surface area (Å²) in [5, 5.41) is 3.48. The van der Waals surface area contributed by atoms with E-state index in [2.05, 4.69) is 52.1 Å². The second kappa shape index (κ2) is 6.79. The predicted octanol–water partition coefficient (Wildman–Crippen LogP) is 3.80. The Morgan fingerprint density at radius 2 is 1.83 bits per heavy atom. The van der Waals surface area contributed by atoms with E-state index in [9.17, 15) is 0 Å². The summed E-state index contributed by atoms with van der Waals surface area (Å²) in [6, 6.07) is 4.99. The number of ether oxygens (including phenoxy) is 1. The zero-order valence-electron chi connectivity index (χ0n) is 12.6. The Labute approximate surface area is 112 Å². The fourth-order valence-corrected chi connectivity index (χ4v) is 2.65. The number of benzene rings is 1. The molecular weight excluding hydrogens is 222 g/mol. The molecule has 1 aromatic rings. The first kappa shape index (κ1) is 15.0. The van der Waals surface area contributed by atoms with Crippen LogP contribution in [0.3, 0.4) is 0 Å². The first-order chi connectivity index (χ1) is 8.49. The Hall–Kier alpha value is -1.02. The van der Waals surface area contributed by atoms with Crippen molar-refractivity contribution >= 4 is 0 Å². The van der Waals surface area contributed by atoms with Gasteiger partial charge in [0, 0.05) is 6.04 Å². The molecule has 2 nitrogen and oxygen atoms in total. The molecule has 0 spiro atoms. The number of nitrogens with one attached hydrogen (secondary N) is 1. The van der Waals surface area contributed by atoms with Crippen molar-refractivity contribution in [1.29, 1.82) is 0 Å². The Bertz CT molecular complexity index is 387. The smallest absolute Gasteiger partial charge is 0.122 e. The molecule has 102 valence electrons. The van der Waals surface area contributed by atoms with E-state index in [0.717, 1.165) is 12.3 Å². The lowest BCUT2D eigenvalue weighted by atomic mass is 9.89. The van der Waals surface area contributed by atoms with Gasteiger partial charge in [0.05, 0.1) is 7.11 Å². The molecule has 2 unspecified atom stereocenters. The molecule has 0 amide bonds. The summed E-state index contributed by atoms with van der Waals surface area (Å²) in [6.07, 6.45) is 1.17. The van der Waals surface area contributed by atoms with Crippen molar-refractivity contribution in [2.75, 3.05) is 13.7 Å². The molecule has 0 saturated heterocycles. The molecule has 0 aromatic heterocycles. The highest BCUT2D eigenvalue weighted by molar-refractivity contribution is 5.42. The number of methoxy groups -OCH3 is 1. The summed E-state index contributed by atoms with van der Waals surface area (Å²) in [6.45, 7) is 12.0. The average Bonchev–Trinajstić information content (AvgIpc) is 2.31. The monoisotopic (exact) mass is 249 g/mol. The van der Waals surface area contributed by atoms with E-state index in [4.69, 9.17) is 4.74 Å². The normalized spacial score (nSPS) is 14.3. The minimum Gasteiger partial charge on any atom is -0.496 e. The second-order valence-electron chi connectivity index (χ2n) is 5.27. The third-order valence-corrected chi connectivity index (χ3v) is 3.57. The Kier molecular flexibility index (Phi) is 5.67. The fraction of sp³-hybridized carbons (Fsp3) is 0.625. The van der Waals surface area contributed by atoms with Crippen molar-refractivity contribution in [2.45, 2.75) is 53.0 Å². The topological polar surface area (TPSA) is 21.3 Å². The maximum Gasteiger partial charge on any atom is 0.122 e. The SMILES string of the molecule is CCNC(C)CC(C)c1cc(C)c(OC)cc1C. The maximum atomic E-state index is 5.37. The molecule has 0 saturated carbocycles. The fourth-order valence-electron chi connectivity index (χ4n) is 2.65. The highest BCUT2D eigenvalue weighted by atomic mass is 16.5. The molecule has 2 heteroatoms. The number of rotatable bonds is 6. The van der Waals surface area contributed by atoms with Gasteiger partial charge >= 0.3 is 0 Å². The van der Waals surface area contributed by atoms with Crippen LogP contribution in [0.15, 0.2) is 12.1 Å². The molecule has 2 atom stereocenters. The zero-order valence-corrected chi connectivity index (χ0v) is 12.6. The molecule has 0 radical (unpaired) electrons. The molecule has 0 aliphatic carbocycles. The Morgan fingerprint density at radius 1 is 1.17 bits per heavy atom. The van der Waals surface area contributed by atoms with Crippen molar-refractivity contribution in [3.8, 4) is 5.75 Å². The Morgan fingerprint density at radius 3 is 2.39 bits per heavy atom. The molecule has 0 heterocycles. The highest BCUT2D eigenvalue weighted by Crippen LogP contribution is 2.29. The summed E-state index contributed by atoms with van der Waals surface area (Å²) in [7, 11) is 1.73. The van der Waals surface area contributed by atoms with Crippen LogP contribution in [0.2, 0.25) is 0 Å². The minimum atomic E-state index is 0.562. The molecule has 1 rings (SSSR count). The van der Waals surface area contributed by atoms with Gasteiger partial charge in [0.15, 0.2) is 0 Å². The van der Waals surface area contributed by atoms with Gasteiger partial charge in [-0.1, -0.05) is 19.9 Å². The zero-order chi connectivity index (χ0) is 13.7. The van der Waals surface area contributed by atoms with Crippen molar-refractivity contribution in [3.63, 3.8) is 0 Å². The van der Waals surface area contributed by atoms with Gasteiger partial charge in [-0.2, -0.15) is 0 Å². The molecule has 1 aromatic carbocycles. The maximum absolute atomic E-state index is 5.37. The van der Waals surface area contributed by atoms with Crippen LogP contribution >= 0.6 is 0 Å². The van der Waals surface area contributed by atoms with Crippen molar-refractivity contribution in [3.05, 3.63) is 28.8 Å². The van der Waals surface area contributed by atoms with E-state index in [1.165, 1.54) is 23.1 Å². The van der Waals surface area contributed by atoms with Gasteiger partial charge in [0.25, 0.3) is 0 Å². The number of aryl methyl sites for hydroxylation is 2. The molecule has 0 bridgehead atoms. The van der Waals surface area contributed by atoms with Gasteiger partial charge in [-0.25, -0.2) is 0 Å². The van der Waals surface area contributed by atoms with Gasteiger partial charge in [0.2, 0.25) is 0 Å². The largest absolute Gasteiger partial charge is 0.496 e. The van der Waals surface area contributed by atoms with E-state index in [0.29, 0.717) is 12.0 Å². The van der Waals surface area contributed by atoms with Gasteiger partial charge in [-0.3, -0.25) is 0 Å². The summed E-state index contributed by atoms with van der Waals surface area (Å²) >= 11 is 0. The molecule has 0 fully saturated rings. The third-order valence-electron chi connectivity index (χ3n) is 3.57. The van der Waals surface area contributed by atoms with Crippen LogP contribution < -0.4 is 10.1 Å². The van der Waals surface area contributed by atoms with Crippen LogP contribution in [-0.2, 0) is 0 Å². The van der Waals surface area contributed by atoms with E-state index in [1.54, 1.807) is 7.11 Å². The lowest BCUT2D eigenvalue weighted by Gasteiger charge is -2.21. The summed E-state index contributed by atoms with van der Waals surface area (Å²) in [4.78, 5) is 0. The van der Waals surface area contributed by atoms with Crippen LogP contribution in [0, 0.1) is 13.8 Å². The van der Waals surface area contributed by atoms with Gasteiger partial charge in [0.1, 0.15) is 5.75 Å². The molecule has 0 aliphatic heterocycles. The van der Waals surface area contributed by atoms with Crippen LogP contribution in [-0.4, -0.2) is 19.7 Å². The standard InChI is InChI=1S/C16H27NO/c1-7-17-14(5)8-11(2)15-9-13(4)16(18-6)10-12(15)3/h9-11,14,17H,7-8H2,1-6H3. The van der Waals surface area contributed by atoms with E-state index in [1.807, 2.05) is 0 Å². The average molecular weight is 249 g/mol. The Balaban J connectivity index is 2.85. The summed E-state index contributed by atoms with van der Waals surface area (Å²) < 4.78 is 5.37. The quantitative estimate of drug-likeness (QED) is 0.828. The third kappa shape index (κ3) is 3.74. The predicted molar refractivity (Wildman–Crippen MR) is 78.6 cm³/mol. The van der Waals surface area contributed by atoms with Gasteiger partial charge in [-0.15, -0.1) is 0 Å². The lowest BCUT2D eigenvalue weighted by molar-refractivity contribution is 0.410. The summed E-state index contributed by atoms with van der Waals surface area (Å²) in [5.41, 5.74) is 3.99. The molecule has 1 N–H and O–H groups in total. The first-order valence-electron chi connectivity index (χ1n) is 6.88. The molecule has 0 aliphatic rings. The van der Waals surface area contributed by atoms with E-state index >= 15 is 0 Å². The number of hydrogen-bond acceptors (Lipinski definition) is 2. The molecular formula is C16H27NO. The van der Waals surface area contributed by atoms with Crippen LogP contribution in [0.5, 0.6) is 5.75 Å². The lowest BCUT2D eigenvalue weighted by Crippen LogP contribution is -2.27. The van der Waals surface area contributed by atoms with Gasteiger partial charge < -0.3 is 10.1 Å². The first-order valence-corrected chi connectivity index (χ1v) is 6.88. The minimum absolute atomic E-state index is 0.562. The van der Waals surface area contributed by atoms with Crippen LogP contribution in [0.1, 0.15) is 49.8 Å². The van der Waals surface area contributed by atoms with E-state index in [-0.39, 0.29) is 0 Å². The summed E-state index contributed by atoms with van der Waals surface area (Å²) in [5.74, 6) is 1.56. The van der Waals surface area contributed by atoms with Gasteiger partial charge in [-0.05, 0) is 62.4 Å². The van der Waals surface area contributed by atoms with Crippen molar-refractivity contribution in [1.82, 2.24) is 5.32 Å². The molecule has 18 heavy (non-hydrogen) atoms. The highest BCUT2D eigenvalue weighted by Gasteiger charge is 2.14. The van der Waals surface area contributed by atoms with Crippen molar-refractivity contribution < 1.29 is 4.74 Å². The second-order valence-corrected chi connectivity index (χ2v) is 5.27. The van der Waals surface area contributed by atoms with Crippen molar-refractivity contribution in [2.24, 2.45) is 0 Å².